The Morgan fingerprint density at radius 3 is 3.06 bits per heavy atom. The van der Waals surface area contributed by atoms with Gasteiger partial charge in [0.1, 0.15) is 0 Å². The molecular weight excluding hydrogens is 230 g/mol. The van der Waals surface area contributed by atoms with Gasteiger partial charge in [0.2, 0.25) is 0 Å². The lowest BCUT2D eigenvalue weighted by atomic mass is 10.1. The Labute approximate surface area is 105 Å². The SMILES string of the molecule is [N-]=[N+]=NCCC=Cc1cccc(CCC(=O)O)c1. The molecule has 0 atom stereocenters. The second-order valence-electron chi connectivity index (χ2n) is 3.78. The van der Waals surface area contributed by atoms with Gasteiger partial charge in [0.15, 0.2) is 0 Å². The molecule has 1 aromatic rings. The topological polar surface area (TPSA) is 86.1 Å². The molecule has 0 aliphatic carbocycles. The zero-order chi connectivity index (χ0) is 13.2. The number of aryl methyl sites for hydroxylation is 1. The van der Waals surface area contributed by atoms with Crippen LogP contribution in [0.4, 0.5) is 0 Å². The molecule has 18 heavy (non-hydrogen) atoms. The average Bonchev–Trinajstić information content (AvgIpc) is 2.37. The van der Waals surface area contributed by atoms with Crippen LogP contribution in [0.5, 0.6) is 0 Å². The monoisotopic (exact) mass is 245 g/mol. The van der Waals surface area contributed by atoms with Gasteiger partial charge in [-0.1, -0.05) is 41.5 Å². The smallest absolute Gasteiger partial charge is 0.303 e. The van der Waals surface area contributed by atoms with Gasteiger partial charge < -0.3 is 5.11 Å². The lowest BCUT2D eigenvalue weighted by Gasteiger charge is -2.00. The van der Waals surface area contributed by atoms with E-state index < -0.39 is 5.97 Å². The molecule has 0 saturated heterocycles. The highest BCUT2D eigenvalue weighted by molar-refractivity contribution is 5.67. The second-order valence-corrected chi connectivity index (χ2v) is 3.78. The fourth-order valence-corrected chi connectivity index (χ4v) is 1.50. The summed E-state index contributed by atoms with van der Waals surface area (Å²) in [6.45, 7) is 0.450. The molecule has 1 rings (SSSR count). The van der Waals surface area contributed by atoms with Crippen LogP contribution in [0.1, 0.15) is 24.0 Å². The van der Waals surface area contributed by atoms with Gasteiger partial charge in [0.25, 0.3) is 0 Å². The number of nitrogens with zero attached hydrogens (tertiary/aromatic N) is 3. The van der Waals surface area contributed by atoms with Gasteiger partial charge in [-0.15, -0.1) is 0 Å². The maximum Gasteiger partial charge on any atom is 0.303 e. The molecule has 94 valence electrons. The Morgan fingerprint density at radius 1 is 1.50 bits per heavy atom. The average molecular weight is 245 g/mol. The van der Waals surface area contributed by atoms with Crippen molar-refractivity contribution in [2.75, 3.05) is 6.54 Å². The summed E-state index contributed by atoms with van der Waals surface area (Å²) >= 11 is 0. The lowest BCUT2D eigenvalue weighted by molar-refractivity contribution is -0.136. The van der Waals surface area contributed by atoms with E-state index in [9.17, 15) is 4.79 Å². The van der Waals surface area contributed by atoms with E-state index >= 15 is 0 Å². The number of benzene rings is 1. The van der Waals surface area contributed by atoms with Crippen LogP contribution in [0.15, 0.2) is 35.5 Å². The van der Waals surface area contributed by atoms with E-state index in [2.05, 4.69) is 10.0 Å². The molecule has 0 radical (unpaired) electrons. The Hall–Kier alpha value is -2.26. The highest BCUT2D eigenvalue weighted by atomic mass is 16.4. The van der Waals surface area contributed by atoms with Gasteiger partial charge in [-0.25, -0.2) is 0 Å². The molecule has 1 N–H and O–H groups in total. The molecule has 0 aromatic heterocycles. The molecule has 0 amide bonds. The van der Waals surface area contributed by atoms with Crippen LogP contribution in [0, 0.1) is 0 Å². The minimum Gasteiger partial charge on any atom is -0.481 e. The van der Waals surface area contributed by atoms with Crippen molar-refractivity contribution < 1.29 is 9.90 Å². The van der Waals surface area contributed by atoms with Gasteiger partial charge in [0, 0.05) is 17.9 Å². The first-order valence-electron chi connectivity index (χ1n) is 5.70. The van der Waals surface area contributed by atoms with Gasteiger partial charge in [-0.2, -0.15) is 0 Å². The number of carboxylic acids is 1. The minimum atomic E-state index is -0.787. The van der Waals surface area contributed by atoms with Crippen molar-refractivity contribution in [2.24, 2.45) is 5.11 Å². The normalized spacial score (nSPS) is 10.2. The van der Waals surface area contributed by atoms with Crippen molar-refractivity contribution in [3.05, 3.63) is 51.9 Å². The maximum absolute atomic E-state index is 10.5. The van der Waals surface area contributed by atoms with Gasteiger partial charge in [-0.3, -0.25) is 4.79 Å². The Balaban J connectivity index is 2.53. The molecular formula is C13H15N3O2. The Kier molecular flexibility index (Phi) is 6.08. The van der Waals surface area contributed by atoms with E-state index in [1.165, 1.54) is 0 Å². The van der Waals surface area contributed by atoms with E-state index in [0.29, 0.717) is 19.4 Å². The summed E-state index contributed by atoms with van der Waals surface area (Å²) in [6.07, 6.45) is 5.26. The van der Waals surface area contributed by atoms with Crippen LogP contribution in [0.25, 0.3) is 16.5 Å². The van der Waals surface area contributed by atoms with Gasteiger partial charge in [-0.05, 0) is 29.5 Å². The summed E-state index contributed by atoms with van der Waals surface area (Å²) < 4.78 is 0. The third-order valence-corrected chi connectivity index (χ3v) is 2.35. The van der Waals surface area contributed by atoms with Crippen LogP contribution < -0.4 is 0 Å². The highest BCUT2D eigenvalue weighted by Crippen LogP contribution is 2.09. The van der Waals surface area contributed by atoms with Crippen molar-refractivity contribution in [1.29, 1.82) is 0 Å². The van der Waals surface area contributed by atoms with Crippen molar-refractivity contribution in [3.63, 3.8) is 0 Å². The first-order chi connectivity index (χ1) is 8.72. The summed E-state index contributed by atoms with van der Waals surface area (Å²) in [4.78, 5) is 13.1. The van der Waals surface area contributed by atoms with Gasteiger partial charge >= 0.3 is 5.97 Å². The zero-order valence-corrected chi connectivity index (χ0v) is 9.99. The van der Waals surface area contributed by atoms with Crippen LogP contribution in [0.3, 0.4) is 0 Å². The predicted molar refractivity (Wildman–Crippen MR) is 70.1 cm³/mol. The summed E-state index contributed by atoms with van der Waals surface area (Å²) in [5, 5.41) is 12.0. The molecule has 0 saturated carbocycles. The number of hydrogen-bond acceptors (Lipinski definition) is 2. The molecule has 5 heteroatoms. The number of carboxylic acid groups (broad SMARTS) is 1. The zero-order valence-electron chi connectivity index (χ0n) is 9.99. The van der Waals surface area contributed by atoms with Crippen LogP contribution >= 0.6 is 0 Å². The maximum atomic E-state index is 10.5. The first kappa shape index (κ1) is 13.8. The lowest BCUT2D eigenvalue weighted by Crippen LogP contribution is -1.97. The predicted octanol–water partition coefficient (Wildman–Crippen LogP) is 3.42. The molecule has 0 bridgehead atoms. The molecule has 1 aromatic carbocycles. The largest absolute Gasteiger partial charge is 0.481 e. The fourth-order valence-electron chi connectivity index (χ4n) is 1.50. The molecule has 0 fully saturated rings. The first-order valence-corrected chi connectivity index (χ1v) is 5.70. The number of hydrogen-bond donors (Lipinski definition) is 1. The van der Waals surface area contributed by atoms with E-state index in [1.54, 1.807) is 0 Å². The van der Waals surface area contributed by atoms with Crippen LogP contribution in [0.2, 0.25) is 0 Å². The molecule has 0 aliphatic heterocycles. The summed E-state index contributed by atoms with van der Waals surface area (Å²) in [5.41, 5.74) is 10.1. The summed E-state index contributed by atoms with van der Waals surface area (Å²) in [6, 6.07) is 7.74. The third-order valence-electron chi connectivity index (χ3n) is 2.35. The van der Waals surface area contributed by atoms with E-state index in [-0.39, 0.29) is 6.42 Å². The quantitative estimate of drug-likeness (QED) is 0.345. The van der Waals surface area contributed by atoms with E-state index in [1.807, 2.05) is 36.4 Å². The van der Waals surface area contributed by atoms with Gasteiger partial charge in [0.05, 0.1) is 0 Å². The van der Waals surface area contributed by atoms with Crippen LogP contribution in [-0.2, 0) is 11.2 Å². The van der Waals surface area contributed by atoms with Crippen LogP contribution in [-0.4, -0.2) is 17.6 Å². The van der Waals surface area contributed by atoms with Crippen molar-refractivity contribution in [2.45, 2.75) is 19.3 Å². The highest BCUT2D eigenvalue weighted by Gasteiger charge is 1.99. The van der Waals surface area contributed by atoms with Crippen molar-refractivity contribution >= 4 is 12.0 Å². The van der Waals surface area contributed by atoms with Crippen molar-refractivity contribution in [1.82, 2.24) is 0 Å². The Bertz CT molecular complexity index is 477. The third kappa shape index (κ3) is 5.72. The van der Waals surface area contributed by atoms with E-state index in [4.69, 9.17) is 10.6 Å². The molecule has 5 nitrogen and oxygen atoms in total. The van der Waals surface area contributed by atoms with E-state index in [0.717, 1.165) is 11.1 Å². The molecule has 0 heterocycles. The summed E-state index contributed by atoms with van der Waals surface area (Å²) in [7, 11) is 0. The molecule has 0 unspecified atom stereocenters. The Morgan fingerprint density at radius 2 is 2.33 bits per heavy atom. The molecule has 0 aliphatic rings. The standard InChI is InChI=1S/C13H15N3O2/c14-16-15-9-2-1-4-11-5-3-6-12(10-11)7-8-13(17)18/h1,3-6,10H,2,7-9H2,(H,17,18). The number of rotatable bonds is 7. The minimum absolute atomic E-state index is 0.143. The fraction of sp³-hybridized carbons (Fsp3) is 0.308. The number of carbonyl (C=O) groups is 1. The molecule has 0 spiro atoms. The summed E-state index contributed by atoms with van der Waals surface area (Å²) in [5.74, 6) is -0.787. The number of azide groups is 1. The second kappa shape index (κ2) is 7.92. The van der Waals surface area contributed by atoms with Crippen molar-refractivity contribution in [3.8, 4) is 0 Å². The number of aliphatic carboxylic acids is 1.